The maximum atomic E-state index is 12.5. The zero-order valence-electron chi connectivity index (χ0n) is 11.0. The second-order valence-electron chi connectivity index (χ2n) is 4.59. The fourth-order valence-electron chi connectivity index (χ4n) is 1.91. The van der Waals surface area contributed by atoms with Crippen LogP contribution in [0.4, 0.5) is 19.0 Å². The first kappa shape index (κ1) is 14.4. The fourth-order valence-corrected chi connectivity index (χ4v) is 1.91. The lowest BCUT2D eigenvalue weighted by atomic mass is 10.1. The van der Waals surface area contributed by atoms with Gasteiger partial charge in [0.1, 0.15) is 5.82 Å². The Morgan fingerprint density at radius 3 is 2.65 bits per heavy atom. The predicted octanol–water partition coefficient (Wildman–Crippen LogP) is 4.06. The van der Waals surface area contributed by atoms with E-state index >= 15 is 0 Å². The van der Waals surface area contributed by atoms with Crippen molar-refractivity contribution in [3.05, 3.63) is 59.3 Å². The first-order valence-electron chi connectivity index (χ1n) is 6.28. The first-order chi connectivity index (χ1) is 9.45. The number of hydrogen-bond donors (Lipinski definition) is 1. The number of aromatic nitrogens is 1. The Morgan fingerprint density at radius 1 is 1.15 bits per heavy atom. The molecule has 106 valence electrons. The lowest BCUT2D eigenvalue weighted by Gasteiger charge is -2.10. The van der Waals surface area contributed by atoms with Crippen LogP contribution in [-0.4, -0.2) is 11.5 Å². The molecule has 1 heterocycles. The minimum absolute atomic E-state index is 0.243. The molecular formula is C15H15F3N2. The molecule has 1 N–H and O–H groups in total. The van der Waals surface area contributed by atoms with Crippen molar-refractivity contribution in [3.63, 3.8) is 0 Å². The Hall–Kier alpha value is -2.04. The SMILES string of the molecule is Cc1cccc(CCNc2cc(C(F)(F)F)ccn2)c1. The van der Waals surface area contributed by atoms with E-state index in [-0.39, 0.29) is 5.82 Å². The van der Waals surface area contributed by atoms with Crippen LogP contribution in [0, 0.1) is 6.92 Å². The van der Waals surface area contributed by atoms with Crippen molar-refractivity contribution in [1.82, 2.24) is 4.98 Å². The Morgan fingerprint density at radius 2 is 1.95 bits per heavy atom. The minimum Gasteiger partial charge on any atom is -0.370 e. The van der Waals surface area contributed by atoms with Gasteiger partial charge in [0.15, 0.2) is 0 Å². The summed E-state index contributed by atoms with van der Waals surface area (Å²) in [4.78, 5) is 3.89. The van der Waals surface area contributed by atoms with Crippen molar-refractivity contribution in [2.45, 2.75) is 19.5 Å². The van der Waals surface area contributed by atoms with Gasteiger partial charge in [-0.2, -0.15) is 13.2 Å². The Kier molecular flexibility index (Phi) is 4.27. The van der Waals surface area contributed by atoms with Gasteiger partial charge in [-0.1, -0.05) is 29.8 Å². The molecule has 0 fully saturated rings. The second kappa shape index (κ2) is 5.94. The molecule has 2 rings (SSSR count). The average Bonchev–Trinajstić information content (AvgIpc) is 2.38. The molecule has 0 aliphatic carbocycles. The molecule has 0 amide bonds. The molecule has 0 unspecified atom stereocenters. The highest BCUT2D eigenvalue weighted by Crippen LogP contribution is 2.29. The summed E-state index contributed by atoms with van der Waals surface area (Å²) in [6.07, 6.45) is -2.44. The molecule has 0 bridgehead atoms. The Bertz CT molecular complexity index is 579. The number of nitrogens with zero attached hydrogens (tertiary/aromatic N) is 1. The van der Waals surface area contributed by atoms with Gasteiger partial charge in [0, 0.05) is 12.7 Å². The van der Waals surface area contributed by atoms with Crippen LogP contribution >= 0.6 is 0 Å². The van der Waals surface area contributed by atoms with E-state index in [0.717, 1.165) is 30.3 Å². The quantitative estimate of drug-likeness (QED) is 0.913. The van der Waals surface area contributed by atoms with Crippen molar-refractivity contribution in [2.75, 3.05) is 11.9 Å². The van der Waals surface area contributed by atoms with Crippen molar-refractivity contribution in [3.8, 4) is 0 Å². The van der Waals surface area contributed by atoms with Gasteiger partial charge in [-0.25, -0.2) is 4.98 Å². The van der Waals surface area contributed by atoms with E-state index in [9.17, 15) is 13.2 Å². The molecule has 0 radical (unpaired) electrons. The highest BCUT2D eigenvalue weighted by Gasteiger charge is 2.30. The number of aryl methyl sites for hydroxylation is 1. The van der Waals surface area contributed by atoms with Crippen molar-refractivity contribution in [2.24, 2.45) is 0 Å². The Balaban J connectivity index is 1.94. The van der Waals surface area contributed by atoms with E-state index in [4.69, 9.17) is 0 Å². The third-order valence-corrected chi connectivity index (χ3v) is 2.89. The van der Waals surface area contributed by atoms with Crippen LogP contribution in [0.1, 0.15) is 16.7 Å². The first-order valence-corrected chi connectivity index (χ1v) is 6.28. The van der Waals surface area contributed by atoms with Crippen molar-refractivity contribution < 1.29 is 13.2 Å². The predicted molar refractivity (Wildman–Crippen MR) is 72.6 cm³/mol. The maximum Gasteiger partial charge on any atom is 0.416 e. The minimum atomic E-state index is -4.34. The fraction of sp³-hybridized carbons (Fsp3) is 0.267. The number of anilines is 1. The maximum absolute atomic E-state index is 12.5. The van der Waals surface area contributed by atoms with Gasteiger partial charge < -0.3 is 5.32 Å². The molecule has 0 atom stereocenters. The van der Waals surface area contributed by atoms with E-state index in [0.29, 0.717) is 6.54 Å². The molecule has 0 saturated carbocycles. The average molecular weight is 280 g/mol. The molecule has 2 nitrogen and oxygen atoms in total. The van der Waals surface area contributed by atoms with E-state index in [1.807, 2.05) is 25.1 Å². The number of pyridine rings is 1. The van der Waals surface area contributed by atoms with Crippen molar-refractivity contribution in [1.29, 1.82) is 0 Å². The van der Waals surface area contributed by atoms with E-state index in [1.54, 1.807) is 0 Å². The lowest BCUT2D eigenvalue weighted by molar-refractivity contribution is -0.137. The Labute approximate surface area is 115 Å². The van der Waals surface area contributed by atoms with Crippen LogP contribution in [0.15, 0.2) is 42.6 Å². The molecular weight excluding hydrogens is 265 g/mol. The van der Waals surface area contributed by atoms with E-state index in [2.05, 4.69) is 16.4 Å². The summed E-state index contributed by atoms with van der Waals surface area (Å²) >= 11 is 0. The zero-order valence-corrected chi connectivity index (χ0v) is 11.0. The molecule has 0 spiro atoms. The molecule has 1 aromatic heterocycles. The number of halogens is 3. The van der Waals surface area contributed by atoms with Crippen LogP contribution in [0.2, 0.25) is 0 Å². The van der Waals surface area contributed by atoms with Gasteiger partial charge in [-0.3, -0.25) is 0 Å². The topological polar surface area (TPSA) is 24.9 Å². The summed E-state index contributed by atoms with van der Waals surface area (Å²) in [5, 5.41) is 2.91. The van der Waals surface area contributed by atoms with E-state index in [1.165, 1.54) is 5.56 Å². The molecule has 20 heavy (non-hydrogen) atoms. The van der Waals surface area contributed by atoms with Crippen LogP contribution in [0.5, 0.6) is 0 Å². The van der Waals surface area contributed by atoms with Gasteiger partial charge in [0.05, 0.1) is 5.56 Å². The third-order valence-electron chi connectivity index (χ3n) is 2.89. The molecule has 0 aliphatic heterocycles. The summed E-state index contributed by atoms with van der Waals surface area (Å²) in [5.74, 6) is 0.243. The van der Waals surface area contributed by atoms with Crippen molar-refractivity contribution >= 4 is 5.82 Å². The summed E-state index contributed by atoms with van der Waals surface area (Å²) in [5.41, 5.74) is 1.62. The summed E-state index contributed by atoms with van der Waals surface area (Å²) in [6.45, 7) is 2.54. The number of alkyl halides is 3. The van der Waals surface area contributed by atoms with Crippen LogP contribution in [0.3, 0.4) is 0 Å². The number of benzene rings is 1. The standard InChI is InChI=1S/C15H15F3N2/c1-11-3-2-4-12(9-11)5-7-19-14-10-13(6-8-20-14)15(16,17)18/h2-4,6,8-10H,5,7H2,1H3,(H,19,20). The highest BCUT2D eigenvalue weighted by atomic mass is 19.4. The summed E-state index contributed by atoms with van der Waals surface area (Å²) < 4.78 is 37.6. The van der Waals surface area contributed by atoms with Gasteiger partial charge >= 0.3 is 6.18 Å². The monoisotopic (exact) mass is 280 g/mol. The van der Waals surface area contributed by atoms with Crippen LogP contribution in [-0.2, 0) is 12.6 Å². The normalized spacial score (nSPS) is 11.4. The van der Waals surface area contributed by atoms with Gasteiger partial charge in [-0.05, 0) is 31.0 Å². The molecule has 2 aromatic rings. The molecule has 1 aromatic carbocycles. The lowest BCUT2D eigenvalue weighted by Crippen LogP contribution is -2.09. The van der Waals surface area contributed by atoms with E-state index < -0.39 is 11.7 Å². The van der Waals surface area contributed by atoms with Crippen LogP contribution in [0.25, 0.3) is 0 Å². The molecule has 0 aliphatic rings. The summed E-state index contributed by atoms with van der Waals surface area (Å²) in [7, 11) is 0. The second-order valence-corrected chi connectivity index (χ2v) is 4.59. The number of nitrogens with one attached hydrogen (secondary N) is 1. The van der Waals surface area contributed by atoms with Gasteiger partial charge in [0.2, 0.25) is 0 Å². The number of rotatable bonds is 4. The number of hydrogen-bond acceptors (Lipinski definition) is 2. The largest absolute Gasteiger partial charge is 0.416 e. The summed E-state index contributed by atoms with van der Waals surface area (Å²) in [6, 6.07) is 10.0. The highest BCUT2D eigenvalue weighted by molar-refractivity contribution is 5.38. The molecule has 0 saturated heterocycles. The van der Waals surface area contributed by atoms with Gasteiger partial charge in [-0.15, -0.1) is 0 Å². The third kappa shape index (κ3) is 3.98. The van der Waals surface area contributed by atoms with Gasteiger partial charge in [0.25, 0.3) is 0 Å². The smallest absolute Gasteiger partial charge is 0.370 e. The van der Waals surface area contributed by atoms with Crippen LogP contribution < -0.4 is 5.32 Å². The zero-order chi connectivity index (χ0) is 14.6. The molecule has 5 heteroatoms.